The highest BCUT2D eigenvalue weighted by molar-refractivity contribution is 5.74. The van der Waals surface area contributed by atoms with Gasteiger partial charge in [-0.3, -0.25) is 0 Å². The third-order valence-electron chi connectivity index (χ3n) is 4.32. The first-order chi connectivity index (χ1) is 11.0. The minimum absolute atomic E-state index is 0.264. The lowest BCUT2D eigenvalue weighted by molar-refractivity contribution is 0.101. The Kier molecular flexibility index (Phi) is 6.21. The van der Waals surface area contributed by atoms with E-state index in [4.69, 9.17) is 4.74 Å². The van der Waals surface area contributed by atoms with Crippen molar-refractivity contribution in [1.29, 1.82) is 0 Å². The summed E-state index contributed by atoms with van der Waals surface area (Å²) in [5, 5.41) is 15.2. The normalized spacial score (nSPS) is 22.3. The van der Waals surface area contributed by atoms with Gasteiger partial charge in [0.05, 0.1) is 24.8 Å². The molecule has 3 unspecified atom stereocenters. The fourth-order valence-electron chi connectivity index (χ4n) is 3.12. The molecule has 0 saturated heterocycles. The van der Waals surface area contributed by atoms with E-state index in [9.17, 15) is 14.3 Å². The molecule has 1 fully saturated rings. The molecule has 6 heteroatoms. The topological polar surface area (TPSA) is 70.6 Å². The average Bonchev–Trinajstić information content (AvgIpc) is 2.52. The molecule has 23 heavy (non-hydrogen) atoms. The maximum atomic E-state index is 14.0. The minimum Gasteiger partial charge on any atom is -0.496 e. The van der Waals surface area contributed by atoms with Crippen LogP contribution < -0.4 is 15.4 Å². The molecule has 1 aliphatic carbocycles. The van der Waals surface area contributed by atoms with Gasteiger partial charge in [-0.1, -0.05) is 12.5 Å². The summed E-state index contributed by atoms with van der Waals surface area (Å²) in [6.07, 6.45) is 3.29. The molecular formula is C17H25FN2O3. The van der Waals surface area contributed by atoms with E-state index in [1.54, 1.807) is 19.1 Å². The monoisotopic (exact) mass is 324 g/mol. The first kappa shape index (κ1) is 17.5. The van der Waals surface area contributed by atoms with Crippen LogP contribution in [0.4, 0.5) is 9.18 Å². The molecule has 3 atom stereocenters. The van der Waals surface area contributed by atoms with Crippen molar-refractivity contribution in [3.8, 4) is 5.75 Å². The largest absolute Gasteiger partial charge is 0.496 e. The van der Waals surface area contributed by atoms with Crippen molar-refractivity contribution in [3.05, 3.63) is 29.6 Å². The molecule has 3 N–H and O–H groups in total. The second-order valence-corrected chi connectivity index (χ2v) is 6.12. The number of carbonyl (C=O) groups is 1. The number of hydrogen-bond donors (Lipinski definition) is 3. The van der Waals surface area contributed by atoms with Crippen molar-refractivity contribution in [2.75, 3.05) is 13.7 Å². The average molecular weight is 324 g/mol. The molecule has 1 saturated carbocycles. The number of amides is 2. The van der Waals surface area contributed by atoms with E-state index in [1.807, 2.05) is 0 Å². The highest BCUT2D eigenvalue weighted by Crippen LogP contribution is 2.27. The van der Waals surface area contributed by atoms with Gasteiger partial charge in [-0.05, 0) is 44.2 Å². The molecular weight excluding hydrogens is 299 g/mol. The summed E-state index contributed by atoms with van der Waals surface area (Å²) in [6.45, 7) is 2.23. The standard InChI is InChI=1S/C17H25FN2O3/c1-11(16-14(18)7-4-8-15(16)23-2)20-17(22)19-10-12-5-3-6-13(21)9-12/h4,7-8,11-13,21H,3,5-6,9-10H2,1-2H3,(H2,19,20,22). The van der Waals surface area contributed by atoms with Gasteiger partial charge in [0.1, 0.15) is 11.6 Å². The van der Waals surface area contributed by atoms with Crippen LogP contribution in [0.25, 0.3) is 0 Å². The van der Waals surface area contributed by atoms with Crippen LogP contribution in [0.15, 0.2) is 18.2 Å². The number of aliphatic hydroxyl groups excluding tert-OH is 1. The van der Waals surface area contributed by atoms with E-state index >= 15 is 0 Å². The molecule has 128 valence electrons. The van der Waals surface area contributed by atoms with Crippen LogP contribution in [-0.2, 0) is 0 Å². The van der Waals surface area contributed by atoms with Gasteiger partial charge >= 0.3 is 6.03 Å². The molecule has 1 aliphatic rings. The minimum atomic E-state index is -0.511. The van der Waals surface area contributed by atoms with Crippen molar-refractivity contribution in [1.82, 2.24) is 10.6 Å². The summed E-state index contributed by atoms with van der Waals surface area (Å²) in [7, 11) is 1.47. The second-order valence-electron chi connectivity index (χ2n) is 6.12. The molecule has 0 heterocycles. The first-order valence-corrected chi connectivity index (χ1v) is 8.06. The van der Waals surface area contributed by atoms with Gasteiger partial charge in [-0.25, -0.2) is 9.18 Å². The fourth-order valence-corrected chi connectivity index (χ4v) is 3.12. The van der Waals surface area contributed by atoms with Crippen LogP contribution in [0.5, 0.6) is 5.75 Å². The van der Waals surface area contributed by atoms with E-state index in [2.05, 4.69) is 10.6 Å². The maximum absolute atomic E-state index is 14.0. The molecule has 5 nitrogen and oxygen atoms in total. The quantitative estimate of drug-likeness (QED) is 0.780. The van der Waals surface area contributed by atoms with E-state index in [0.29, 0.717) is 23.8 Å². The molecule has 0 bridgehead atoms. The molecule has 2 rings (SSSR count). The molecule has 2 amide bonds. The van der Waals surface area contributed by atoms with Gasteiger partial charge < -0.3 is 20.5 Å². The number of rotatable bonds is 5. The summed E-state index contributed by atoms with van der Waals surface area (Å²) in [5.41, 5.74) is 0.332. The van der Waals surface area contributed by atoms with Crippen LogP contribution in [0.3, 0.4) is 0 Å². The van der Waals surface area contributed by atoms with Gasteiger partial charge in [0.15, 0.2) is 0 Å². The smallest absolute Gasteiger partial charge is 0.315 e. The highest BCUT2D eigenvalue weighted by Gasteiger charge is 2.22. The molecule has 1 aromatic rings. The number of hydrogen-bond acceptors (Lipinski definition) is 3. The molecule has 0 aliphatic heterocycles. The predicted octanol–water partition coefficient (Wildman–Crippen LogP) is 2.75. The van der Waals surface area contributed by atoms with Gasteiger partial charge in [0.2, 0.25) is 0 Å². The van der Waals surface area contributed by atoms with Crippen LogP contribution in [0.1, 0.15) is 44.2 Å². The van der Waals surface area contributed by atoms with E-state index < -0.39 is 11.9 Å². The van der Waals surface area contributed by atoms with Crippen LogP contribution in [0, 0.1) is 11.7 Å². The molecule has 0 radical (unpaired) electrons. The second kappa shape index (κ2) is 8.15. The van der Waals surface area contributed by atoms with Crippen molar-refractivity contribution >= 4 is 6.03 Å². The van der Waals surface area contributed by atoms with E-state index in [0.717, 1.165) is 25.7 Å². The fraction of sp³-hybridized carbons (Fsp3) is 0.588. The van der Waals surface area contributed by atoms with E-state index in [-0.39, 0.29) is 12.1 Å². The lowest BCUT2D eigenvalue weighted by Gasteiger charge is -2.26. The Morgan fingerprint density at radius 3 is 2.96 bits per heavy atom. The Balaban J connectivity index is 1.87. The molecule has 0 aromatic heterocycles. The summed E-state index contributed by atoms with van der Waals surface area (Å²) < 4.78 is 19.1. The summed E-state index contributed by atoms with van der Waals surface area (Å²) >= 11 is 0. The number of urea groups is 1. The zero-order chi connectivity index (χ0) is 16.8. The third kappa shape index (κ3) is 4.82. The number of halogens is 1. The van der Waals surface area contributed by atoms with Crippen LogP contribution in [-0.4, -0.2) is 30.9 Å². The van der Waals surface area contributed by atoms with Crippen molar-refractivity contribution in [2.45, 2.75) is 44.8 Å². The van der Waals surface area contributed by atoms with Crippen molar-refractivity contribution in [2.24, 2.45) is 5.92 Å². The Labute approximate surface area is 136 Å². The van der Waals surface area contributed by atoms with Crippen molar-refractivity contribution < 1.29 is 19.0 Å². The lowest BCUT2D eigenvalue weighted by atomic mass is 9.87. The van der Waals surface area contributed by atoms with Crippen LogP contribution in [0.2, 0.25) is 0 Å². The maximum Gasteiger partial charge on any atom is 0.315 e. The number of aliphatic hydroxyl groups is 1. The summed E-state index contributed by atoms with van der Waals surface area (Å²) in [6, 6.07) is 3.72. The Bertz CT molecular complexity index is 539. The number of ether oxygens (including phenoxy) is 1. The number of methoxy groups -OCH3 is 1. The first-order valence-electron chi connectivity index (χ1n) is 8.06. The Hall–Kier alpha value is -1.82. The van der Waals surface area contributed by atoms with Gasteiger partial charge in [0, 0.05) is 6.54 Å². The SMILES string of the molecule is COc1cccc(F)c1C(C)NC(=O)NCC1CCCC(O)C1. The van der Waals surface area contributed by atoms with Gasteiger partial charge in [0.25, 0.3) is 0 Å². The summed E-state index contributed by atoms with van der Waals surface area (Å²) in [5.74, 6) is 0.295. The Morgan fingerprint density at radius 1 is 1.48 bits per heavy atom. The lowest BCUT2D eigenvalue weighted by Crippen LogP contribution is -2.40. The van der Waals surface area contributed by atoms with Crippen molar-refractivity contribution in [3.63, 3.8) is 0 Å². The predicted molar refractivity (Wildman–Crippen MR) is 85.9 cm³/mol. The zero-order valence-corrected chi connectivity index (χ0v) is 13.6. The number of benzene rings is 1. The number of carbonyl (C=O) groups excluding carboxylic acids is 1. The molecule has 0 spiro atoms. The third-order valence-corrected chi connectivity index (χ3v) is 4.32. The van der Waals surface area contributed by atoms with Gasteiger partial charge in [-0.15, -0.1) is 0 Å². The van der Waals surface area contributed by atoms with Gasteiger partial charge in [-0.2, -0.15) is 0 Å². The highest BCUT2D eigenvalue weighted by atomic mass is 19.1. The van der Waals surface area contributed by atoms with E-state index in [1.165, 1.54) is 13.2 Å². The summed E-state index contributed by atoms with van der Waals surface area (Å²) in [4.78, 5) is 12.0. The van der Waals surface area contributed by atoms with Crippen LogP contribution >= 0.6 is 0 Å². The zero-order valence-electron chi connectivity index (χ0n) is 13.6. The Morgan fingerprint density at radius 2 is 2.26 bits per heavy atom. The number of nitrogens with one attached hydrogen (secondary N) is 2. The molecule has 1 aromatic carbocycles.